The Kier molecular flexibility index (Phi) is 3.52. The van der Waals surface area contributed by atoms with Gasteiger partial charge in [-0.1, -0.05) is 30.3 Å². The van der Waals surface area contributed by atoms with Gasteiger partial charge in [0.15, 0.2) is 0 Å². The van der Waals surface area contributed by atoms with Crippen LogP contribution in [0, 0.1) is 5.82 Å². The number of rotatable bonds is 4. The van der Waals surface area contributed by atoms with E-state index in [1.54, 1.807) is 12.3 Å². The van der Waals surface area contributed by atoms with Crippen molar-refractivity contribution < 1.29 is 4.39 Å². The highest BCUT2D eigenvalue weighted by molar-refractivity contribution is 5.81. The van der Waals surface area contributed by atoms with Gasteiger partial charge in [-0.05, 0) is 42.3 Å². The minimum absolute atomic E-state index is 0.134. The number of nitrogens with two attached hydrogens (primary N) is 1. The third kappa shape index (κ3) is 2.32. The molecule has 102 valence electrons. The number of hydrogen-bond acceptors (Lipinski definition) is 1. The zero-order valence-corrected chi connectivity index (χ0v) is 11.1. The van der Waals surface area contributed by atoms with E-state index in [0.717, 1.165) is 17.4 Å². The summed E-state index contributed by atoms with van der Waals surface area (Å²) in [4.78, 5) is 2.93. The second-order valence-electron chi connectivity index (χ2n) is 4.99. The number of hydrogen-bond donors (Lipinski definition) is 2. The standard InChI is InChI=1S/C17H17FN2/c18-16-11-14(10-13-7-9-20-17(13)16)15(6-8-19)12-4-2-1-3-5-12/h1-5,7,9-11,15,20H,6,8,19H2. The Morgan fingerprint density at radius 1 is 1.05 bits per heavy atom. The Morgan fingerprint density at radius 3 is 2.60 bits per heavy atom. The number of nitrogens with one attached hydrogen (secondary N) is 1. The lowest BCUT2D eigenvalue weighted by Crippen LogP contribution is -2.09. The molecule has 0 aliphatic rings. The van der Waals surface area contributed by atoms with Gasteiger partial charge in [0.1, 0.15) is 5.82 Å². The van der Waals surface area contributed by atoms with Gasteiger partial charge in [-0.2, -0.15) is 0 Å². The van der Waals surface area contributed by atoms with E-state index in [-0.39, 0.29) is 11.7 Å². The van der Waals surface area contributed by atoms with E-state index in [2.05, 4.69) is 17.1 Å². The van der Waals surface area contributed by atoms with Gasteiger partial charge >= 0.3 is 0 Å². The molecule has 0 spiro atoms. The zero-order valence-electron chi connectivity index (χ0n) is 11.1. The topological polar surface area (TPSA) is 41.8 Å². The van der Waals surface area contributed by atoms with E-state index >= 15 is 0 Å². The van der Waals surface area contributed by atoms with Crippen molar-refractivity contribution in [1.82, 2.24) is 4.98 Å². The lowest BCUT2D eigenvalue weighted by Gasteiger charge is -2.17. The summed E-state index contributed by atoms with van der Waals surface area (Å²) in [5, 5.41) is 0.901. The fraction of sp³-hybridized carbons (Fsp3) is 0.176. The van der Waals surface area contributed by atoms with Crippen LogP contribution in [0.15, 0.2) is 54.7 Å². The first-order valence-corrected chi connectivity index (χ1v) is 6.81. The van der Waals surface area contributed by atoms with Crippen molar-refractivity contribution in [3.8, 4) is 0 Å². The zero-order chi connectivity index (χ0) is 13.9. The van der Waals surface area contributed by atoms with Crippen LogP contribution in [0.4, 0.5) is 4.39 Å². The Balaban J connectivity index is 2.09. The molecule has 3 aromatic rings. The van der Waals surface area contributed by atoms with Crippen LogP contribution in [0.5, 0.6) is 0 Å². The summed E-state index contributed by atoms with van der Waals surface area (Å²) in [7, 11) is 0. The lowest BCUT2D eigenvalue weighted by molar-refractivity contribution is 0.630. The van der Waals surface area contributed by atoms with Crippen molar-refractivity contribution >= 4 is 10.9 Å². The molecule has 1 aromatic heterocycles. The molecular formula is C17H17FN2. The number of benzene rings is 2. The highest BCUT2D eigenvalue weighted by Crippen LogP contribution is 2.30. The van der Waals surface area contributed by atoms with Crippen LogP contribution in [-0.4, -0.2) is 11.5 Å². The third-order valence-corrected chi connectivity index (χ3v) is 3.69. The molecule has 2 aromatic carbocycles. The normalized spacial score (nSPS) is 12.7. The number of fused-ring (bicyclic) bond motifs is 1. The summed E-state index contributed by atoms with van der Waals surface area (Å²) in [6, 6.07) is 15.7. The summed E-state index contributed by atoms with van der Waals surface area (Å²) in [5.41, 5.74) is 8.45. The highest BCUT2D eigenvalue weighted by atomic mass is 19.1. The smallest absolute Gasteiger partial charge is 0.147 e. The molecule has 0 aliphatic heterocycles. The molecule has 0 fully saturated rings. The number of aromatic nitrogens is 1. The minimum atomic E-state index is -0.208. The van der Waals surface area contributed by atoms with Crippen LogP contribution in [0.2, 0.25) is 0 Å². The molecule has 1 heterocycles. The van der Waals surface area contributed by atoms with Gasteiger partial charge in [0.2, 0.25) is 0 Å². The lowest BCUT2D eigenvalue weighted by atomic mass is 9.88. The van der Waals surface area contributed by atoms with Gasteiger partial charge in [0, 0.05) is 17.5 Å². The van der Waals surface area contributed by atoms with E-state index in [1.807, 2.05) is 30.3 Å². The monoisotopic (exact) mass is 268 g/mol. The summed E-state index contributed by atoms with van der Waals surface area (Å²) in [6.45, 7) is 0.576. The average molecular weight is 268 g/mol. The summed E-state index contributed by atoms with van der Waals surface area (Å²) >= 11 is 0. The molecule has 2 nitrogen and oxygen atoms in total. The molecule has 3 rings (SSSR count). The van der Waals surface area contributed by atoms with Gasteiger partial charge < -0.3 is 10.7 Å². The van der Waals surface area contributed by atoms with Gasteiger partial charge in [-0.25, -0.2) is 4.39 Å². The van der Waals surface area contributed by atoms with Crippen LogP contribution in [0.1, 0.15) is 23.5 Å². The maximum absolute atomic E-state index is 14.1. The molecule has 0 aliphatic carbocycles. The summed E-state index contributed by atoms with van der Waals surface area (Å²) in [5.74, 6) is -0.0737. The van der Waals surface area contributed by atoms with Crippen LogP contribution in [0.3, 0.4) is 0 Å². The quantitative estimate of drug-likeness (QED) is 0.742. The second kappa shape index (κ2) is 5.47. The second-order valence-corrected chi connectivity index (χ2v) is 4.99. The van der Waals surface area contributed by atoms with E-state index in [0.29, 0.717) is 12.1 Å². The molecule has 0 saturated carbocycles. The van der Waals surface area contributed by atoms with Crippen LogP contribution in [-0.2, 0) is 0 Å². The average Bonchev–Trinajstić information content (AvgIpc) is 2.94. The molecule has 20 heavy (non-hydrogen) atoms. The van der Waals surface area contributed by atoms with E-state index in [4.69, 9.17) is 5.73 Å². The fourth-order valence-corrected chi connectivity index (χ4v) is 2.73. The van der Waals surface area contributed by atoms with Crippen molar-refractivity contribution in [2.75, 3.05) is 6.54 Å². The van der Waals surface area contributed by atoms with Crippen LogP contribution < -0.4 is 5.73 Å². The van der Waals surface area contributed by atoms with E-state index in [9.17, 15) is 4.39 Å². The molecule has 0 bridgehead atoms. The van der Waals surface area contributed by atoms with Gasteiger partial charge in [0.05, 0.1) is 5.52 Å². The Bertz CT molecular complexity index is 703. The van der Waals surface area contributed by atoms with Gasteiger partial charge in [0.25, 0.3) is 0 Å². The Hall–Kier alpha value is -2.13. The summed E-state index contributed by atoms with van der Waals surface area (Å²) < 4.78 is 14.1. The number of aromatic amines is 1. The molecule has 3 heteroatoms. The van der Waals surface area contributed by atoms with Gasteiger partial charge in [-0.3, -0.25) is 0 Å². The first-order chi connectivity index (χ1) is 9.79. The molecule has 0 radical (unpaired) electrons. The Morgan fingerprint density at radius 2 is 1.85 bits per heavy atom. The summed E-state index contributed by atoms with van der Waals surface area (Å²) in [6.07, 6.45) is 2.57. The number of H-pyrrole nitrogens is 1. The van der Waals surface area contributed by atoms with Crippen molar-refractivity contribution in [3.63, 3.8) is 0 Å². The van der Waals surface area contributed by atoms with E-state index in [1.165, 1.54) is 5.56 Å². The molecule has 3 N–H and O–H groups in total. The predicted octanol–water partition coefficient (Wildman–Crippen LogP) is 3.79. The molecule has 1 unspecified atom stereocenters. The fourth-order valence-electron chi connectivity index (χ4n) is 2.73. The molecule has 0 saturated heterocycles. The van der Waals surface area contributed by atoms with Crippen LogP contribution in [0.25, 0.3) is 10.9 Å². The molecule has 1 atom stereocenters. The SMILES string of the molecule is NCCC(c1ccccc1)c1cc(F)c2[nH]ccc2c1. The van der Waals surface area contributed by atoms with Crippen LogP contribution >= 0.6 is 0 Å². The predicted molar refractivity (Wildman–Crippen MR) is 80.2 cm³/mol. The largest absolute Gasteiger partial charge is 0.359 e. The maximum atomic E-state index is 14.1. The van der Waals surface area contributed by atoms with Crippen molar-refractivity contribution in [2.24, 2.45) is 5.73 Å². The van der Waals surface area contributed by atoms with Crippen molar-refractivity contribution in [3.05, 3.63) is 71.7 Å². The minimum Gasteiger partial charge on any atom is -0.359 e. The number of halogens is 1. The maximum Gasteiger partial charge on any atom is 0.147 e. The third-order valence-electron chi connectivity index (χ3n) is 3.69. The first-order valence-electron chi connectivity index (χ1n) is 6.81. The van der Waals surface area contributed by atoms with Crippen molar-refractivity contribution in [1.29, 1.82) is 0 Å². The van der Waals surface area contributed by atoms with Crippen molar-refractivity contribution in [2.45, 2.75) is 12.3 Å². The Labute approximate surface area is 117 Å². The highest BCUT2D eigenvalue weighted by Gasteiger charge is 2.16. The van der Waals surface area contributed by atoms with E-state index < -0.39 is 0 Å². The van der Waals surface area contributed by atoms with Gasteiger partial charge in [-0.15, -0.1) is 0 Å². The molecular weight excluding hydrogens is 251 g/mol. The first kappa shape index (κ1) is 12.9. The molecule has 0 amide bonds.